The van der Waals surface area contributed by atoms with Crippen LogP contribution in [0, 0.1) is 0 Å². The molecule has 1 aromatic heterocycles. The molecule has 0 atom stereocenters. The monoisotopic (exact) mass is 314 g/mol. The number of rotatable bonds is 4. The van der Waals surface area contributed by atoms with Gasteiger partial charge in [-0.05, 0) is 24.7 Å². The molecule has 1 N–H and O–H groups in total. The second-order valence-electron chi connectivity index (χ2n) is 3.18. The van der Waals surface area contributed by atoms with Crippen molar-refractivity contribution >= 4 is 39.0 Å². The van der Waals surface area contributed by atoms with Crippen molar-refractivity contribution in [2.75, 3.05) is 7.05 Å². The Morgan fingerprint density at radius 2 is 2.38 bits per heavy atom. The van der Waals surface area contributed by atoms with E-state index in [1.54, 1.807) is 23.1 Å². The molecule has 2 rings (SSSR count). The number of aromatic nitrogens is 1. The summed E-state index contributed by atoms with van der Waals surface area (Å²) in [6, 6.07) is 6.34. The van der Waals surface area contributed by atoms with Crippen molar-refractivity contribution in [2.24, 2.45) is 0 Å². The fourth-order valence-corrected chi connectivity index (χ4v) is 3.57. The Morgan fingerprint density at radius 3 is 3.06 bits per heavy atom. The van der Waals surface area contributed by atoms with E-state index in [0.29, 0.717) is 0 Å². The summed E-state index contributed by atoms with van der Waals surface area (Å²) in [5, 5.41) is 5.18. The van der Waals surface area contributed by atoms with Gasteiger partial charge in [0.05, 0.1) is 0 Å². The highest BCUT2D eigenvalue weighted by Gasteiger charge is 2.06. The van der Waals surface area contributed by atoms with Crippen molar-refractivity contribution < 1.29 is 0 Å². The second-order valence-corrected chi connectivity index (χ2v) is 6.28. The van der Waals surface area contributed by atoms with Gasteiger partial charge in [-0.25, -0.2) is 4.98 Å². The zero-order chi connectivity index (χ0) is 11.4. The fraction of sp³-hybridized carbons (Fsp3) is 0.182. The molecule has 16 heavy (non-hydrogen) atoms. The van der Waals surface area contributed by atoms with Gasteiger partial charge in [-0.15, -0.1) is 11.3 Å². The summed E-state index contributed by atoms with van der Waals surface area (Å²) in [6.07, 6.45) is 1.84. The molecule has 0 saturated carbocycles. The maximum atomic E-state index is 4.29. The summed E-state index contributed by atoms with van der Waals surface area (Å²) < 4.78 is 2.18. The number of thiazole rings is 1. The van der Waals surface area contributed by atoms with E-state index < -0.39 is 0 Å². The second kappa shape index (κ2) is 5.82. The molecular formula is C11H11BrN2S2. The Hall–Kier alpha value is -0.360. The quantitative estimate of drug-likeness (QED) is 0.929. The summed E-state index contributed by atoms with van der Waals surface area (Å²) in [7, 11) is 1.96. The minimum absolute atomic E-state index is 0.876. The number of benzene rings is 1. The van der Waals surface area contributed by atoms with Crippen molar-refractivity contribution in [3.05, 3.63) is 39.8 Å². The summed E-state index contributed by atoms with van der Waals surface area (Å²) in [5.74, 6) is 0. The van der Waals surface area contributed by atoms with Crippen molar-refractivity contribution in [1.82, 2.24) is 10.3 Å². The standard InChI is InChI=1S/C11H11BrN2S2/c1-13-7-8-2-3-9(12)6-10(8)16-11-14-4-5-15-11/h2-6,13H,7H2,1H3. The Balaban J connectivity index is 2.26. The van der Waals surface area contributed by atoms with E-state index in [-0.39, 0.29) is 0 Å². The summed E-state index contributed by atoms with van der Waals surface area (Å²) >= 11 is 6.88. The van der Waals surface area contributed by atoms with E-state index in [4.69, 9.17) is 0 Å². The highest BCUT2D eigenvalue weighted by molar-refractivity contribution is 9.10. The third kappa shape index (κ3) is 3.07. The predicted molar refractivity (Wildman–Crippen MR) is 73.1 cm³/mol. The first-order valence-electron chi connectivity index (χ1n) is 4.80. The van der Waals surface area contributed by atoms with Crippen LogP contribution >= 0.6 is 39.0 Å². The molecule has 2 nitrogen and oxygen atoms in total. The number of hydrogen-bond acceptors (Lipinski definition) is 4. The maximum absolute atomic E-state index is 4.29. The van der Waals surface area contributed by atoms with Crippen LogP contribution in [0.1, 0.15) is 5.56 Å². The van der Waals surface area contributed by atoms with E-state index in [2.05, 4.69) is 44.4 Å². The van der Waals surface area contributed by atoms with Gasteiger partial charge in [-0.2, -0.15) is 0 Å². The van der Waals surface area contributed by atoms with Crippen molar-refractivity contribution in [3.63, 3.8) is 0 Å². The zero-order valence-electron chi connectivity index (χ0n) is 8.74. The molecule has 0 aliphatic rings. The molecule has 0 bridgehead atoms. The first kappa shape index (κ1) is 12.1. The highest BCUT2D eigenvalue weighted by Crippen LogP contribution is 2.33. The van der Waals surface area contributed by atoms with Gasteiger partial charge in [0, 0.05) is 27.5 Å². The van der Waals surface area contributed by atoms with Crippen molar-refractivity contribution in [2.45, 2.75) is 15.8 Å². The van der Waals surface area contributed by atoms with Crippen LogP contribution in [0.15, 0.2) is 43.5 Å². The Labute approximate surface area is 112 Å². The average molecular weight is 315 g/mol. The van der Waals surface area contributed by atoms with Gasteiger partial charge in [0.15, 0.2) is 4.34 Å². The van der Waals surface area contributed by atoms with Gasteiger partial charge in [0.2, 0.25) is 0 Å². The van der Waals surface area contributed by atoms with Crippen molar-refractivity contribution in [1.29, 1.82) is 0 Å². The van der Waals surface area contributed by atoms with Crippen LogP contribution in [0.4, 0.5) is 0 Å². The number of halogens is 1. The van der Waals surface area contributed by atoms with Gasteiger partial charge in [-0.3, -0.25) is 0 Å². The number of nitrogens with one attached hydrogen (secondary N) is 1. The van der Waals surface area contributed by atoms with Crippen LogP contribution in [0.3, 0.4) is 0 Å². The van der Waals surface area contributed by atoms with Gasteiger partial charge in [0.25, 0.3) is 0 Å². The normalized spacial score (nSPS) is 10.6. The van der Waals surface area contributed by atoms with Crippen LogP contribution in [0.5, 0.6) is 0 Å². The van der Waals surface area contributed by atoms with E-state index in [0.717, 1.165) is 15.4 Å². The van der Waals surface area contributed by atoms with Gasteiger partial charge in [0.1, 0.15) is 0 Å². The molecule has 0 spiro atoms. The van der Waals surface area contributed by atoms with Crippen molar-refractivity contribution in [3.8, 4) is 0 Å². The zero-order valence-corrected chi connectivity index (χ0v) is 12.0. The molecule has 1 heterocycles. The Kier molecular flexibility index (Phi) is 4.40. The third-order valence-corrected chi connectivity index (χ3v) is 4.48. The molecule has 2 aromatic rings. The van der Waals surface area contributed by atoms with E-state index in [9.17, 15) is 0 Å². The number of nitrogens with zero attached hydrogens (tertiary/aromatic N) is 1. The lowest BCUT2D eigenvalue weighted by molar-refractivity contribution is 0.803. The van der Waals surface area contributed by atoms with E-state index in [1.165, 1.54) is 10.5 Å². The SMILES string of the molecule is CNCc1ccc(Br)cc1Sc1nccs1. The Bertz CT molecular complexity index is 457. The molecule has 1 aromatic carbocycles. The smallest absolute Gasteiger partial charge is 0.154 e. The first-order chi connectivity index (χ1) is 7.79. The van der Waals surface area contributed by atoms with Gasteiger partial charge < -0.3 is 5.32 Å². The summed E-state index contributed by atoms with van der Waals surface area (Å²) in [4.78, 5) is 5.54. The number of hydrogen-bond donors (Lipinski definition) is 1. The lowest BCUT2D eigenvalue weighted by Gasteiger charge is -2.07. The predicted octanol–water partition coefficient (Wildman–Crippen LogP) is 3.78. The fourth-order valence-electron chi connectivity index (χ4n) is 1.31. The van der Waals surface area contributed by atoms with Crippen LogP contribution in [0.2, 0.25) is 0 Å². The minimum Gasteiger partial charge on any atom is -0.316 e. The molecule has 84 valence electrons. The highest BCUT2D eigenvalue weighted by atomic mass is 79.9. The topological polar surface area (TPSA) is 24.9 Å². The first-order valence-corrected chi connectivity index (χ1v) is 7.29. The molecule has 0 aliphatic heterocycles. The molecular weight excluding hydrogens is 304 g/mol. The van der Waals surface area contributed by atoms with Gasteiger partial charge >= 0.3 is 0 Å². The Morgan fingerprint density at radius 1 is 1.50 bits per heavy atom. The lowest BCUT2D eigenvalue weighted by Crippen LogP contribution is -2.05. The summed E-state index contributed by atoms with van der Waals surface area (Å²) in [6.45, 7) is 0.876. The molecule has 0 saturated heterocycles. The van der Waals surface area contributed by atoms with Crippen LogP contribution < -0.4 is 5.32 Å². The molecule has 0 amide bonds. The van der Waals surface area contributed by atoms with Crippen LogP contribution in [0.25, 0.3) is 0 Å². The summed E-state index contributed by atoms with van der Waals surface area (Å²) in [5.41, 5.74) is 1.30. The molecule has 5 heteroatoms. The molecule has 0 unspecified atom stereocenters. The largest absolute Gasteiger partial charge is 0.316 e. The third-order valence-electron chi connectivity index (χ3n) is 2.00. The van der Waals surface area contributed by atoms with E-state index in [1.807, 2.05) is 18.6 Å². The average Bonchev–Trinajstić information content (AvgIpc) is 2.75. The molecule has 0 aliphatic carbocycles. The van der Waals surface area contributed by atoms with E-state index >= 15 is 0 Å². The van der Waals surface area contributed by atoms with Gasteiger partial charge in [-0.1, -0.05) is 33.8 Å². The maximum Gasteiger partial charge on any atom is 0.154 e. The van der Waals surface area contributed by atoms with Crippen LogP contribution in [-0.2, 0) is 6.54 Å². The molecule has 0 fully saturated rings. The molecule has 0 radical (unpaired) electrons. The lowest BCUT2D eigenvalue weighted by atomic mass is 10.2. The minimum atomic E-state index is 0.876. The van der Waals surface area contributed by atoms with Crippen LogP contribution in [-0.4, -0.2) is 12.0 Å².